The van der Waals surface area contributed by atoms with E-state index in [1.54, 1.807) is 6.07 Å². The van der Waals surface area contributed by atoms with E-state index < -0.39 is 0 Å². The highest BCUT2D eigenvalue weighted by Gasteiger charge is 2.21. The summed E-state index contributed by atoms with van der Waals surface area (Å²) >= 11 is 0. The molecule has 0 atom stereocenters. The third-order valence-corrected chi connectivity index (χ3v) is 4.62. The van der Waals surface area contributed by atoms with Crippen LogP contribution in [0.25, 0.3) is 0 Å². The van der Waals surface area contributed by atoms with Gasteiger partial charge in [0.15, 0.2) is 0 Å². The maximum absolute atomic E-state index is 12.5. The zero-order chi connectivity index (χ0) is 17.9. The van der Waals surface area contributed by atoms with Crippen molar-refractivity contribution in [1.29, 1.82) is 0 Å². The van der Waals surface area contributed by atoms with Crippen molar-refractivity contribution in [3.63, 3.8) is 0 Å². The van der Waals surface area contributed by atoms with Crippen molar-refractivity contribution >= 4 is 17.4 Å². The molecule has 1 aliphatic rings. The molecule has 0 saturated carbocycles. The quantitative estimate of drug-likeness (QED) is 0.788. The molecule has 0 saturated heterocycles. The highest BCUT2D eigenvalue weighted by molar-refractivity contribution is 5.93. The first-order valence-electron chi connectivity index (χ1n) is 8.72. The zero-order valence-electron chi connectivity index (χ0n) is 14.6. The van der Waals surface area contributed by atoms with Crippen LogP contribution >= 0.6 is 0 Å². The van der Waals surface area contributed by atoms with E-state index in [2.05, 4.69) is 32.3 Å². The molecule has 2 aromatic carbocycles. The second kappa shape index (κ2) is 6.96. The van der Waals surface area contributed by atoms with Crippen LogP contribution < -0.4 is 10.2 Å². The monoisotopic (exact) mass is 344 g/mol. The van der Waals surface area contributed by atoms with E-state index in [0.717, 1.165) is 30.0 Å². The maximum atomic E-state index is 12.5. The number of aromatic nitrogens is 2. The Morgan fingerprint density at radius 1 is 1.12 bits per heavy atom. The number of hydrogen-bond acceptors (Lipinski definition) is 4. The molecule has 5 nitrogen and oxygen atoms in total. The Labute approximate surface area is 152 Å². The number of fused-ring (bicyclic) bond motifs is 1. The van der Waals surface area contributed by atoms with Gasteiger partial charge in [-0.1, -0.05) is 48.0 Å². The van der Waals surface area contributed by atoms with Crippen LogP contribution in [0.1, 0.15) is 27.2 Å². The number of aryl methyl sites for hydroxylation is 1. The van der Waals surface area contributed by atoms with E-state index in [9.17, 15) is 4.79 Å². The average Bonchev–Trinajstić information content (AvgIpc) is 3.11. The van der Waals surface area contributed by atoms with Gasteiger partial charge in [0, 0.05) is 24.8 Å². The van der Waals surface area contributed by atoms with Gasteiger partial charge in [0.05, 0.1) is 0 Å². The molecule has 4 rings (SSSR count). The lowest BCUT2D eigenvalue weighted by molar-refractivity contribution is 0.0946. The third kappa shape index (κ3) is 3.28. The van der Waals surface area contributed by atoms with Gasteiger partial charge in [0.1, 0.15) is 17.8 Å². The molecule has 0 aliphatic carbocycles. The Bertz CT molecular complexity index is 937. The smallest absolute Gasteiger partial charge is 0.270 e. The van der Waals surface area contributed by atoms with Crippen molar-refractivity contribution in [2.45, 2.75) is 19.9 Å². The topological polar surface area (TPSA) is 58.1 Å². The van der Waals surface area contributed by atoms with E-state index in [-0.39, 0.29) is 5.91 Å². The van der Waals surface area contributed by atoms with Gasteiger partial charge < -0.3 is 10.2 Å². The second-order valence-corrected chi connectivity index (χ2v) is 6.46. The summed E-state index contributed by atoms with van der Waals surface area (Å²) in [6.45, 7) is 3.38. The second-order valence-electron chi connectivity index (χ2n) is 6.46. The van der Waals surface area contributed by atoms with Crippen LogP contribution in [0.4, 0.5) is 11.5 Å². The Hall–Kier alpha value is -3.21. The number of benzene rings is 2. The minimum Gasteiger partial charge on any atom is -0.347 e. The van der Waals surface area contributed by atoms with Gasteiger partial charge >= 0.3 is 0 Å². The normalized spacial score (nSPS) is 12.7. The van der Waals surface area contributed by atoms with E-state index in [0.29, 0.717) is 12.2 Å². The van der Waals surface area contributed by atoms with Crippen molar-refractivity contribution in [3.05, 3.63) is 83.3 Å². The van der Waals surface area contributed by atoms with Crippen molar-refractivity contribution in [2.24, 2.45) is 0 Å². The Morgan fingerprint density at radius 3 is 2.77 bits per heavy atom. The number of nitrogens with zero attached hydrogens (tertiary/aromatic N) is 3. The summed E-state index contributed by atoms with van der Waals surface area (Å²) < 4.78 is 0. The summed E-state index contributed by atoms with van der Waals surface area (Å²) in [5, 5.41) is 2.92. The Morgan fingerprint density at radius 2 is 1.92 bits per heavy atom. The minimum absolute atomic E-state index is 0.193. The largest absolute Gasteiger partial charge is 0.347 e. The van der Waals surface area contributed by atoms with Gasteiger partial charge in [-0.25, -0.2) is 9.97 Å². The van der Waals surface area contributed by atoms with Crippen LogP contribution in [-0.4, -0.2) is 22.4 Å². The number of nitrogens with one attached hydrogen (secondary N) is 1. The van der Waals surface area contributed by atoms with Crippen LogP contribution in [0.15, 0.2) is 60.9 Å². The molecule has 0 radical (unpaired) electrons. The predicted molar refractivity (Wildman–Crippen MR) is 102 cm³/mol. The SMILES string of the molecule is Cc1ccc(CNC(=O)c2cc(N3CCc4ccccc43)ncn2)cc1. The van der Waals surface area contributed by atoms with Crippen LogP contribution in [0.2, 0.25) is 0 Å². The number of rotatable bonds is 4. The average molecular weight is 344 g/mol. The van der Waals surface area contributed by atoms with Gasteiger partial charge in [-0.05, 0) is 30.5 Å². The number of anilines is 2. The molecular weight excluding hydrogens is 324 g/mol. The lowest BCUT2D eigenvalue weighted by Gasteiger charge is -2.18. The standard InChI is InChI=1S/C21H20N4O/c1-15-6-8-16(9-7-15)13-22-21(26)18-12-20(24-14-23-18)25-11-10-17-4-2-3-5-19(17)25/h2-9,12,14H,10-11,13H2,1H3,(H,22,26). The first kappa shape index (κ1) is 16.3. The zero-order valence-corrected chi connectivity index (χ0v) is 14.6. The molecular formula is C21H20N4O. The highest BCUT2D eigenvalue weighted by Crippen LogP contribution is 2.32. The van der Waals surface area contributed by atoms with Crippen LogP contribution in [0.5, 0.6) is 0 Å². The third-order valence-electron chi connectivity index (χ3n) is 4.62. The van der Waals surface area contributed by atoms with Crippen molar-refractivity contribution < 1.29 is 4.79 Å². The van der Waals surface area contributed by atoms with Crippen molar-refractivity contribution in [3.8, 4) is 0 Å². The lowest BCUT2D eigenvalue weighted by atomic mass is 10.1. The molecule has 0 fully saturated rings. The maximum Gasteiger partial charge on any atom is 0.270 e. The fourth-order valence-corrected chi connectivity index (χ4v) is 3.17. The first-order chi connectivity index (χ1) is 12.7. The summed E-state index contributed by atoms with van der Waals surface area (Å²) in [7, 11) is 0. The lowest BCUT2D eigenvalue weighted by Crippen LogP contribution is -2.24. The van der Waals surface area contributed by atoms with Gasteiger partial charge in [0.25, 0.3) is 5.91 Å². The van der Waals surface area contributed by atoms with Crippen molar-refractivity contribution in [2.75, 3.05) is 11.4 Å². The first-order valence-corrected chi connectivity index (χ1v) is 8.72. The summed E-state index contributed by atoms with van der Waals surface area (Å²) in [5.74, 6) is 0.562. The summed E-state index contributed by atoms with van der Waals surface area (Å²) in [6, 6.07) is 18.1. The van der Waals surface area contributed by atoms with Gasteiger partial charge in [-0.15, -0.1) is 0 Å². The summed E-state index contributed by atoms with van der Waals surface area (Å²) in [5.41, 5.74) is 5.10. The van der Waals surface area contributed by atoms with E-state index in [1.165, 1.54) is 17.5 Å². The van der Waals surface area contributed by atoms with Crippen LogP contribution in [0, 0.1) is 6.92 Å². The molecule has 26 heavy (non-hydrogen) atoms. The fourth-order valence-electron chi connectivity index (χ4n) is 3.17. The summed E-state index contributed by atoms with van der Waals surface area (Å²) in [4.78, 5) is 23.1. The molecule has 1 N–H and O–H groups in total. The van der Waals surface area contributed by atoms with Gasteiger partial charge in [-0.2, -0.15) is 0 Å². The van der Waals surface area contributed by atoms with Gasteiger partial charge in [-0.3, -0.25) is 4.79 Å². The number of amides is 1. The Balaban J connectivity index is 1.49. The van der Waals surface area contributed by atoms with Crippen LogP contribution in [-0.2, 0) is 13.0 Å². The number of carbonyl (C=O) groups excluding carboxylic acids is 1. The van der Waals surface area contributed by atoms with Crippen molar-refractivity contribution in [1.82, 2.24) is 15.3 Å². The molecule has 1 aromatic heterocycles. The molecule has 130 valence electrons. The molecule has 3 aromatic rings. The molecule has 5 heteroatoms. The molecule has 2 heterocycles. The molecule has 0 bridgehead atoms. The van der Waals surface area contributed by atoms with E-state index in [4.69, 9.17) is 0 Å². The predicted octanol–water partition coefficient (Wildman–Crippen LogP) is 3.41. The Kier molecular flexibility index (Phi) is 4.35. The molecule has 1 amide bonds. The van der Waals surface area contributed by atoms with E-state index >= 15 is 0 Å². The number of para-hydroxylation sites is 1. The van der Waals surface area contributed by atoms with Crippen LogP contribution in [0.3, 0.4) is 0 Å². The summed E-state index contributed by atoms with van der Waals surface area (Å²) in [6.07, 6.45) is 2.44. The number of hydrogen-bond donors (Lipinski definition) is 1. The molecule has 1 aliphatic heterocycles. The number of carbonyl (C=O) groups is 1. The minimum atomic E-state index is -0.193. The van der Waals surface area contributed by atoms with Gasteiger partial charge in [0.2, 0.25) is 0 Å². The molecule has 0 spiro atoms. The fraction of sp³-hybridized carbons (Fsp3) is 0.190. The molecule has 0 unspecified atom stereocenters. The highest BCUT2D eigenvalue weighted by atomic mass is 16.1. The van der Waals surface area contributed by atoms with E-state index in [1.807, 2.05) is 43.3 Å².